The molecule has 1 aromatic rings. The van der Waals surface area contributed by atoms with Crippen LogP contribution in [0.15, 0.2) is 24.3 Å². The lowest BCUT2D eigenvalue weighted by atomic mass is 9.73. The molecule has 0 saturated carbocycles. The fourth-order valence-corrected chi connectivity index (χ4v) is 5.76. The number of likely N-dealkylation sites (N-methyl/N-ethyl adjacent to an activating group) is 1. The quantitative estimate of drug-likeness (QED) is 0.574. The summed E-state index contributed by atoms with van der Waals surface area (Å²) in [5.74, 6) is -1.88. The van der Waals surface area contributed by atoms with Crippen LogP contribution in [0.3, 0.4) is 0 Å². The van der Waals surface area contributed by atoms with E-state index >= 15 is 0 Å². The number of nitrogens with zero attached hydrogens (tertiary/aromatic N) is 2. The highest BCUT2D eigenvalue weighted by molar-refractivity contribution is 5.79. The smallest absolute Gasteiger partial charge is 0.475 e. The second kappa shape index (κ2) is 12.9. The topological polar surface area (TPSA) is 99.2 Å². The van der Waals surface area contributed by atoms with Crippen LogP contribution in [0.1, 0.15) is 55.6 Å². The van der Waals surface area contributed by atoms with Gasteiger partial charge in [-0.3, -0.25) is 9.59 Å². The number of carboxylic acid groups (broad SMARTS) is 1. The van der Waals surface area contributed by atoms with Crippen molar-refractivity contribution in [2.75, 3.05) is 53.5 Å². The molecular formula is C27H38F3N3O5. The zero-order chi connectivity index (χ0) is 27.9. The van der Waals surface area contributed by atoms with E-state index in [1.54, 1.807) is 0 Å². The van der Waals surface area contributed by atoms with Crippen molar-refractivity contribution in [2.45, 2.75) is 56.0 Å². The lowest BCUT2D eigenvalue weighted by Crippen LogP contribution is -2.47. The third-order valence-electron chi connectivity index (χ3n) is 7.77. The van der Waals surface area contributed by atoms with Crippen LogP contribution >= 0.6 is 0 Å². The highest BCUT2D eigenvalue weighted by Crippen LogP contribution is 2.52. The molecule has 2 fully saturated rings. The first-order valence-corrected chi connectivity index (χ1v) is 13.1. The molecule has 4 rings (SSSR count). The molecule has 2 N–H and O–H groups in total. The van der Waals surface area contributed by atoms with Gasteiger partial charge < -0.3 is 25.0 Å². The molecule has 1 aromatic carbocycles. The summed E-state index contributed by atoms with van der Waals surface area (Å²) in [5, 5.41) is 10.2. The van der Waals surface area contributed by atoms with E-state index in [-0.39, 0.29) is 23.2 Å². The largest absolute Gasteiger partial charge is 0.490 e. The number of benzene rings is 1. The van der Waals surface area contributed by atoms with Crippen molar-refractivity contribution in [3.8, 4) is 0 Å². The Kier molecular flexibility index (Phi) is 10.2. The fraction of sp³-hybridized carbons (Fsp3) is 0.667. The summed E-state index contributed by atoms with van der Waals surface area (Å²) in [4.78, 5) is 38.6. The summed E-state index contributed by atoms with van der Waals surface area (Å²) in [5.41, 5.74) is 2.87. The summed E-state index contributed by atoms with van der Waals surface area (Å²) in [6.45, 7) is 4.61. The van der Waals surface area contributed by atoms with E-state index in [4.69, 9.17) is 14.6 Å². The van der Waals surface area contributed by atoms with Crippen LogP contribution < -0.4 is 5.32 Å². The van der Waals surface area contributed by atoms with Gasteiger partial charge in [0.15, 0.2) is 0 Å². The van der Waals surface area contributed by atoms with Crippen LogP contribution in [0.2, 0.25) is 0 Å². The molecule has 8 nitrogen and oxygen atoms in total. The maximum absolute atomic E-state index is 13.0. The Morgan fingerprint density at radius 1 is 1.13 bits per heavy atom. The molecule has 3 aliphatic rings. The number of rotatable bonds is 6. The van der Waals surface area contributed by atoms with Crippen molar-refractivity contribution in [3.63, 3.8) is 0 Å². The van der Waals surface area contributed by atoms with Gasteiger partial charge in [0.25, 0.3) is 0 Å². The summed E-state index contributed by atoms with van der Waals surface area (Å²) in [6, 6.07) is 8.69. The molecule has 2 saturated heterocycles. The van der Waals surface area contributed by atoms with Gasteiger partial charge in [0.2, 0.25) is 11.8 Å². The summed E-state index contributed by atoms with van der Waals surface area (Å²) in [6.07, 6.45) is 0.196. The third kappa shape index (κ3) is 7.69. The summed E-state index contributed by atoms with van der Waals surface area (Å²) in [7, 11) is 4.03. The highest BCUT2D eigenvalue weighted by atomic mass is 19.4. The minimum absolute atomic E-state index is 0.109. The highest BCUT2D eigenvalue weighted by Gasteiger charge is 2.46. The monoisotopic (exact) mass is 541 g/mol. The Balaban J connectivity index is 0.000000505. The third-order valence-corrected chi connectivity index (χ3v) is 7.77. The van der Waals surface area contributed by atoms with Crippen LogP contribution in [-0.4, -0.2) is 92.4 Å². The van der Waals surface area contributed by atoms with E-state index in [9.17, 15) is 22.8 Å². The molecule has 38 heavy (non-hydrogen) atoms. The van der Waals surface area contributed by atoms with Gasteiger partial charge in [-0.1, -0.05) is 24.3 Å². The molecule has 0 bridgehead atoms. The number of carboxylic acids is 1. The first-order valence-electron chi connectivity index (χ1n) is 13.1. The number of likely N-dealkylation sites (tertiary alicyclic amines) is 1. The zero-order valence-electron chi connectivity index (χ0n) is 22.1. The van der Waals surface area contributed by atoms with Crippen LogP contribution in [0, 0.1) is 5.92 Å². The van der Waals surface area contributed by atoms with Gasteiger partial charge in [-0.15, -0.1) is 0 Å². The number of alkyl halides is 3. The molecule has 0 radical (unpaired) electrons. The molecule has 2 heterocycles. The van der Waals surface area contributed by atoms with Gasteiger partial charge in [-0.05, 0) is 68.7 Å². The lowest BCUT2D eigenvalue weighted by molar-refractivity contribution is -0.192. The molecule has 1 unspecified atom stereocenters. The molecule has 2 aliphatic heterocycles. The standard InChI is InChI=1S/C25H37N3O3.C2HF3O2/c1-27(2)14-11-26-23(29)17-20-18-25(22-6-4-3-5-21(20)22)9-12-28(13-10-25)24(30)19-7-15-31-16-8-19;3-2(4,5)1(6)7/h3-6,19-20H,7-18H2,1-2H3,(H,26,29);(H,6,7). The van der Waals surface area contributed by atoms with E-state index in [0.29, 0.717) is 32.1 Å². The van der Waals surface area contributed by atoms with Crippen LogP contribution in [0.5, 0.6) is 0 Å². The molecule has 212 valence electrons. The van der Waals surface area contributed by atoms with Gasteiger partial charge >= 0.3 is 12.1 Å². The number of ether oxygens (including phenoxy) is 1. The Hall–Kier alpha value is -2.66. The average Bonchev–Trinajstić information content (AvgIpc) is 3.17. The predicted molar refractivity (Wildman–Crippen MR) is 135 cm³/mol. The van der Waals surface area contributed by atoms with Crippen LogP contribution in [0.4, 0.5) is 13.2 Å². The number of halogens is 3. The average molecular weight is 542 g/mol. The van der Waals surface area contributed by atoms with E-state index in [0.717, 1.165) is 51.7 Å². The van der Waals surface area contributed by atoms with Crippen molar-refractivity contribution < 1.29 is 37.4 Å². The number of hydrogen-bond donors (Lipinski definition) is 2. The van der Waals surface area contributed by atoms with Gasteiger partial charge in [0.1, 0.15) is 0 Å². The Morgan fingerprint density at radius 3 is 2.32 bits per heavy atom. The van der Waals surface area contributed by atoms with Crippen molar-refractivity contribution in [2.24, 2.45) is 5.92 Å². The SMILES string of the molecule is CN(C)CCNC(=O)CC1CC2(CCN(C(=O)C3CCOCC3)CC2)c2ccccc21.O=C(O)C(F)(F)F. The first-order chi connectivity index (χ1) is 17.9. The normalized spacial score (nSPS) is 21.0. The Morgan fingerprint density at radius 2 is 1.74 bits per heavy atom. The second-order valence-electron chi connectivity index (χ2n) is 10.6. The maximum Gasteiger partial charge on any atom is 0.490 e. The minimum atomic E-state index is -5.08. The van der Waals surface area contributed by atoms with Gasteiger partial charge in [-0.2, -0.15) is 13.2 Å². The first kappa shape index (κ1) is 29.9. The molecule has 0 aromatic heterocycles. The minimum Gasteiger partial charge on any atom is -0.475 e. The number of nitrogens with one attached hydrogen (secondary N) is 1. The molecule has 11 heteroatoms. The number of amides is 2. The number of fused-ring (bicyclic) bond motifs is 2. The number of carbonyl (C=O) groups is 3. The van der Waals surface area contributed by atoms with E-state index in [1.165, 1.54) is 11.1 Å². The molecular weight excluding hydrogens is 503 g/mol. The Labute approximate surface area is 221 Å². The van der Waals surface area contributed by atoms with Crippen molar-refractivity contribution in [1.82, 2.24) is 15.1 Å². The van der Waals surface area contributed by atoms with Crippen LogP contribution in [0.25, 0.3) is 0 Å². The molecule has 1 spiro atoms. The van der Waals surface area contributed by atoms with E-state index in [1.807, 2.05) is 14.1 Å². The number of aliphatic carboxylic acids is 1. The van der Waals surface area contributed by atoms with E-state index < -0.39 is 12.1 Å². The second-order valence-corrected chi connectivity index (χ2v) is 10.6. The van der Waals surface area contributed by atoms with Crippen molar-refractivity contribution in [1.29, 1.82) is 0 Å². The Bertz CT molecular complexity index is 971. The summed E-state index contributed by atoms with van der Waals surface area (Å²) >= 11 is 0. The van der Waals surface area contributed by atoms with Crippen molar-refractivity contribution in [3.05, 3.63) is 35.4 Å². The van der Waals surface area contributed by atoms with Gasteiger partial charge in [0, 0.05) is 51.7 Å². The van der Waals surface area contributed by atoms with Gasteiger partial charge in [-0.25, -0.2) is 4.79 Å². The zero-order valence-corrected chi connectivity index (χ0v) is 22.1. The number of hydrogen-bond acceptors (Lipinski definition) is 5. The molecule has 1 atom stereocenters. The molecule has 1 aliphatic carbocycles. The lowest BCUT2D eigenvalue weighted by Gasteiger charge is -2.41. The summed E-state index contributed by atoms with van der Waals surface area (Å²) < 4.78 is 37.2. The number of carbonyl (C=O) groups excluding carboxylic acids is 2. The molecule has 2 amide bonds. The van der Waals surface area contributed by atoms with Crippen molar-refractivity contribution >= 4 is 17.8 Å². The fourth-order valence-electron chi connectivity index (χ4n) is 5.76. The van der Waals surface area contributed by atoms with Crippen LogP contribution in [-0.2, 0) is 24.5 Å². The predicted octanol–water partition coefficient (Wildman–Crippen LogP) is 3.16. The van der Waals surface area contributed by atoms with E-state index in [2.05, 4.69) is 39.4 Å². The van der Waals surface area contributed by atoms with Gasteiger partial charge in [0.05, 0.1) is 0 Å². The number of piperidine rings is 1. The maximum atomic E-state index is 13.0.